The molecule has 2 rings (SSSR count). The average Bonchev–Trinajstić information content (AvgIpc) is 2.78. The zero-order chi connectivity index (χ0) is 12.3. The van der Waals surface area contributed by atoms with E-state index in [9.17, 15) is 10.1 Å². The number of nitrogens with two attached hydrogens (primary N) is 1. The Hall–Kier alpha value is -2.29. The maximum Gasteiger partial charge on any atom is 0.329 e. The van der Waals surface area contributed by atoms with Gasteiger partial charge in [-0.05, 0) is 0 Å². The molecule has 17 heavy (non-hydrogen) atoms. The largest absolute Gasteiger partial charge is 0.368 e. The van der Waals surface area contributed by atoms with Crippen LogP contribution in [0.4, 0.5) is 17.5 Å². The van der Waals surface area contributed by atoms with Gasteiger partial charge in [0.25, 0.3) is 0 Å². The van der Waals surface area contributed by atoms with Crippen molar-refractivity contribution < 1.29 is 4.92 Å². The van der Waals surface area contributed by atoms with Gasteiger partial charge in [0.2, 0.25) is 11.8 Å². The minimum atomic E-state index is -0.561. The maximum absolute atomic E-state index is 10.7. The van der Waals surface area contributed by atoms with E-state index in [0.717, 1.165) is 11.1 Å². The monoisotopic (exact) mass is 252 g/mol. The average molecular weight is 252 g/mol. The van der Waals surface area contributed by atoms with Crippen LogP contribution in [-0.2, 0) is 6.54 Å². The molecule has 2 heterocycles. The molecule has 0 aliphatic rings. The highest BCUT2D eigenvalue weighted by Crippen LogP contribution is 2.22. The first-order chi connectivity index (χ1) is 8.16. The van der Waals surface area contributed by atoms with Crippen LogP contribution >= 0.6 is 11.3 Å². The molecule has 8 nitrogen and oxygen atoms in total. The molecule has 0 aromatic carbocycles. The zero-order valence-corrected chi connectivity index (χ0v) is 9.35. The molecule has 2 aromatic rings. The third-order valence-corrected chi connectivity index (χ3v) is 2.68. The Labute approximate surface area is 99.7 Å². The third kappa shape index (κ3) is 2.64. The first kappa shape index (κ1) is 11.2. The van der Waals surface area contributed by atoms with E-state index in [1.807, 2.05) is 0 Å². The van der Waals surface area contributed by atoms with Crippen LogP contribution < -0.4 is 11.1 Å². The molecule has 0 fully saturated rings. The van der Waals surface area contributed by atoms with Crippen molar-refractivity contribution >= 4 is 28.8 Å². The van der Waals surface area contributed by atoms with Crippen LogP contribution in [-0.4, -0.2) is 19.9 Å². The standard InChI is InChI=1S/C8H8N6O2S/c9-8-12-3-6(14(15)16)7(13-8)11-2-5-1-10-4-17-5/h1,3-4H,2H2,(H3,9,11,12,13). The molecule has 0 bridgehead atoms. The van der Waals surface area contributed by atoms with Crippen LogP contribution in [0.15, 0.2) is 17.9 Å². The molecule has 0 saturated carbocycles. The number of anilines is 2. The van der Waals surface area contributed by atoms with Gasteiger partial charge >= 0.3 is 5.69 Å². The molecule has 9 heteroatoms. The van der Waals surface area contributed by atoms with Crippen molar-refractivity contribution in [1.82, 2.24) is 15.0 Å². The summed E-state index contributed by atoms with van der Waals surface area (Å²) in [6, 6.07) is 0. The summed E-state index contributed by atoms with van der Waals surface area (Å²) >= 11 is 1.44. The molecule has 88 valence electrons. The number of nitrogens with one attached hydrogen (secondary N) is 1. The van der Waals surface area contributed by atoms with Gasteiger partial charge in [-0.1, -0.05) is 0 Å². The lowest BCUT2D eigenvalue weighted by Crippen LogP contribution is -2.06. The topological polar surface area (TPSA) is 120 Å². The number of nitrogen functional groups attached to an aromatic ring is 1. The predicted octanol–water partition coefficient (Wildman–Crippen LogP) is 1.04. The van der Waals surface area contributed by atoms with Crippen LogP contribution in [0.1, 0.15) is 4.88 Å². The summed E-state index contributed by atoms with van der Waals surface area (Å²) in [6.07, 6.45) is 2.76. The molecule has 0 amide bonds. The van der Waals surface area contributed by atoms with E-state index in [-0.39, 0.29) is 17.5 Å². The number of nitro groups is 1. The van der Waals surface area contributed by atoms with Crippen LogP contribution in [0, 0.1) is 10.1 Å². The highest BCUT2D eigenvalue weighted by molar-refractivity contribution is 7.09. The van der Waals surface area contributed by atoms with Gasteiger partial charge in [0, 0.05) is 11.1 Å². The number of rotatable bonds is 4. The summed E-state index contributed by atoms with van der Waals surface area (Å²) in [4.78, 5) is 22.4. The summed E-state index contributed by atoms with van der Waals surface area (Å²) in [6.45, 7) is 0.405. The number of hydrogen-bond acceptors (Lipinski definition) is 8. The summed E-state index contributed by atoms with van der Waals surface area (Å²) in [5.41, 5.74) is 6.86. The second-order valence-electron chi connectivity index (χ2n) is 3.04. The van der Waals surface area contributed by atoms with E-state index >= 15 is 0 Å². The van der Waals surface area contributed by atoms with Crippen LogP contribution in [0.2, 0.25) is 0 Å². The third-order valence-electron chi connectivity index (χ3n) is 1.90. The lowest BCUT2D eigenvalue weighted by atomic mass is 10.4. The fourth-order valence-electron chi connectivity index (χ4n) is 1.15. The Balaban J connectivity index is 2.19. The van der Waals surface area contributed by atoms with E-state index in [2.05, 4.69) is 20.3 Å². The normalized spacial score (nSPS) is 10.1. The Morgan fingerprint density at radius 3 is 3.00 bits per heavy atom. The molecule has 2 aromatic heterocycles. The predicted molar refractivity (Wildman–Crippen MR) is 62.5 cm³/mol. The molecule has 0 unspecified atom stereocenters. The first-order valence-corrected chi connectivity index (χ1v) is 5.43. The van der Waals surface area contributed by atoms with Crippen molar-refractivity contribution in [1.29, 1.82) is 0 Å². The summed E-state index contributed by atoms with van der Waals surface area (Å²) in [7, 11) is 0. The van der Waals surface area contributed by atoms with E-state index in [1.165, 1.54) is 11.3 Å². The molecule has 3 N–H and O–H groups in total. The van der Waals surface area contributed by atoms with Gasteiger partial charge in [-0.3, -0.25) is 15.1 Å². The Kier molecular flexibility index (Phi) is 3.10. The van der Waals surface area contributed by atoms with Crippen molar-refractivity contribution in [2.24, 2.45) is 0 Å². The van der Waals surface area contributed by atoms with Crippen molar-refractivity contribution in [3.05, 3.63) is 32.9 Å². The van der Waals surface area contributed by atoms with Crippen molar-refractivity contribution in [3.8, 4) is 0 Å². The number of nitrogens with zero attached hydrogens (tertiary/aromatic N) is 4. The van der Waals surface area contributed by atoms with E-state index in [1.54, 1.807) is 11.7 Å². The molecule has 0 aliphatic carbocycles. The van der Waals surface area contributed by atoms with Crippen molar-refractivity contribution in [3.63, 3.8) is 0 Å². The number of thiazole rings is 1. The molecule has 0 radical (unpaired) electrons. The smallest absolute Gasteiger partial charge is 0.329 e. The fraction of sp³-hybridized carbons (Fsp3) is 0.125. The van der Waals surface area contributed by atoms with Crippen LogP contribution in [0.3, 0.4) is 0 Å². The van der Waals surface area contributed by atoms with Crippen molar-refractivity contribution in [2.75, 3.05) is 11.1 Å². The van der Waals surface area contributed by atoms with Gasteiger partial charge in [-0.2, -0.15) is 4.98 Å². The fourth-order valence-corrected chi connectivity index (χ4v) is 1.69. The molecular formula is C8H8N6O2S. The van der Waals surface area contributed by atoms with Crippen LogP contribution in [0.5, 0.6) is 0 Å². The lowest BCUT2D eigenvalue weighted by Gasteiger charge is -2.04. The van der Waals surface area contributed by atoms with E-state index in [4.69, 9.17) is 5.73 Å². The molecule has 0 spiro atoms. The quantitative estimate of drug-likeness (QED) is 0.616. The molecule has 0 aliphatic heterocycles. The molecule has 0 saturated heterocycles. The first-order valence-electron chi connectivity index (χ1n) is 4.55. The second-order valence-corrected chi connectivity index (χ2v) is 4.01. The summed E-state index contributed by atoms with van der Waals surface area (Å²) < 4.78 is 0. The van der Waals surface area contributed by atoms with E-state index < -0.39 is 4.92 Å². The minimum Gasteiger partial charge on any atom is -0.368 e. The van der Waals surface area contributed by atoms with Gasteiger partial charge < -0.3 is 11.1 Å². The van der Waals surface area contributed by atoms with Gasteiger partial charge in [0.15, 0.2) is 0 Å². The lowest BCUT2D eigenvalue weighted by molar-refractivity contribution is -0.384. The zero-order valence-electron chi connectivity index (χ0n) is 8.53. The maximum atomic E-state index is 10.7. The Bertz CT molecular complexity index is 529. The van der Waals surface area contributed by atoms with E-state index in [0.29, 0.717) is 6.54 Å². The summed E-state index contributed by atoms with van der Waals surface area (Å²) in [5.74, 6) is 0.0957. The van der Waals surface area contributed by atoms with Crippen LogP contribution in [0.25, 0.3) is 0 Å². The number of aromatic nitrogens is 3. The van der Waals surface area contributed by atoms with Gasteiger partial charge in [0.1, 0.15) is 6.20 Å². The Morgan fingerprint density at radius 2 is 2.35 bits per heavy atom. The Morgan fingerprint density at radius 1 is 1.53 bits per heavy atom. The summed E-state index contributed by atoms with van der Waals surface area (Å²) in [5, 5.41) is 13.6. The van der Waals surface area contributed by atoms with Crippen molar-refractivity contribution in [2.45, 2.75) is 6.54 Å². The second kappa shape index (κ2) is 4.70. The number of hydrogen-bond donors (Lipinski definition) is 2. The van der Waals surface area contributed by atoms with Gasteiger partial charge in [0.05, 0.1) is 17.0 Å². The van der Waals surface area contributed by atoms with Gasteiger partial charge in [-0.15, -0.1) is 11.3 Å². The molecular weight excluding hydrogens is 244 g/mol. The minimum absolute atomic E-state index is 0.0117. The molecule has 0 atom stereocenters. The van der Waals surface area contributed by atoms with Gasteiger partial charge in [-0.25, -0.2) is 4.98 Å². The highest BCUT2D eigenvalue weighted by atomic mass is 32.1. The SMILES string of the molecule is Nc1ncc([N+](=O)[O-])c(NCc2cncs2)n1. The highest BCUT2D eigenvalue weighted by Gasteiger charge is 2.16.